The van der Waals surface area contributed by atoms with Crippen LogP contribution in [-0.4, -0.2) is 11.2 Å². The molecular weight excluding hydrogens is 162 g/mol. The molecule has 1 saturated carbocycles. The van der Waals surface area contributed by atoms with Crippen LogP contribution in [0, 0.1) is 28.6 Å². The average molecular weight is 177 g/mol. The van der Waals surface area contributed by atoms with E-state index in [2.05, 4.69) is 19.9 Å². The van der Waals surface area contributed by atoms with E-state index in [0.717, 1.165) is 12.0 Å². The summed E-state index contributed by atoms with van der Waals surface area (Å²) in [4.78, 5) is 0. The molecule has 0 radical (unpaired) electrons. The molecule has 1 N–H and O–H groups in total. The number of nitriles is 1. The lowest BCUT2D eigenvalue weighted by Gasteiger charge is -2.55. The van der Waals surface area contributed by atoms with E-state index in [-0.39, 0.29) is 0 Å². The minimum atomic E-state index is -0.860. The van der Waals surface area contributed by atoms with Crippen LogP contribution < -0.4 is 0 Å². The first kappa shape index (κ1) is 8.77. The monoisotopic (exact) mass is 177 g/mol. The minimum Gasteiger partial charge on any atom is -0.374 e. The first-order chi connectivity index (χ1) is 6.05. The summed E-state index contributed by atoms with van der Waals surface area (Å²) in [7, 11) is 0. The van der Waals surface area contributed by atoms with Crippen molar-refractivity contribution >= 4 is 0 Å². The van der Waals surface area contributed by atoms with Gasteiger partial charge in [-0.2, -0.15) is 5.26 Å². The van der Waals surface area contributed by atoms with Crippen LogP contribution >= 0.6 is 0 Å². The van der Waals surface area contributed by atoms with Gasteiger partial charge in [0, 0.05) is 0 Å². The van der Waals surface area contributed by atoms with Gasteiger partial charge in [0.2, 0.25) is 0 Å². The van der Waals surface area contributed by atoms with Gasteiger partial charge in [-0.15, -0.1) is 0 Å². The molecule has 3 atom stereocenters. The zero-order chi connectivity index (χ0) is 9.64. The summed E-state index contributed by atoms with van der Waals surface area (Å²) in [5.41, 5.74) is 1.35. The van der Waals surface area contributed by atoms with Gasteiger partial charge in [0.15, 0.2) is 6.10 Å². The van der Waals surface area contributed by atoms with Crippen LogP contribution in [0.25, 0.3) is 0 Å². The number of hydrogen-bond acceptors (Lipinski definition) is 2. The van der Waals surface area contributed by atoms with Gasteiger partial charge in [0.1, 0.15) is 0 Å². The van der Waals surface area contributed by atoms with Crippen molar-refractivity contribution in [3.8, 4) is 6.07 Å². The molecular formula is C11H15NO. The molecule has 0 aliphatic heterocycles. The average Bonchev–Trinajstić information content (AvgIpc) is 2.16. The first-order valence-corrected chi connectivity index (χ1v) is 4.84. The van der Waals surface area contributed by atoms with Crippen LogP contribution in [0.2, 0.25) is 0 Å². The van der Waals surface area contributed by atoms with Crippen molar-refractivity contribution in [2.24, 2.45) is 17.3 Å². The van der Waals surface area contributed by atoms with Gasteiger partial charge >= 0.3 is 0 Å². The largest absolute Gasteiger partial charge is 0.374 e. The number of hydrogen-bond donors (Lipinski definition) is 1. The zero-order valence-corrected chi connectivity index (χ0v) is 8.12. The van der Waals surface area contributed by atoms with E-state index in [1.807, 2.05) is 6.07 Å². The molecule has 3 aliphatic rings. The Balaban J connectivity index is 2.18. The second-order valence-electron chi connectivity index (χ2n) is 4.84. The van der Waals surface area contributed by atoms with Crippen LogP contribution in [-0.2, 0) is 0 Å². The maximum absolute atomic E-state index is 9.36. The van der Waals surface area contributed by atoms with Gasteiger partial charge in [0.05, 0.1) is 6.07 Å². The zero-order valence-electron chi connectivity index (χ0n) is 8.12. The van der Waals surface area contributed by atoms with Crippen LogP contribution in [0.5, 0.6) is 0 Å². The summed E-state index contributed by atoms with van der Waals surface area (Å²) < 4.78 is 0. The fraction of sp³-hybridized carbons (Fsp3) is 0.727. The van der Waals surface area contributed by atoms with Gasteiger partial charge in [-0.25, -0.2) is 0 Å². The Bertz CT molecular complexity index is 298. The molecule has 0 aromatic heterocycles. The molecule has 2 bridgehead atoms. The molecule has 0 aromatic carbocycles. The highest BCUT2D eigenvalue weighted by atomic mass is 16.3. The van der Waals surface area contributed by atoms with Crippen molar-refractivity contribution in [1.82, 2.24) is 0 Å². The van der Waals surface area contributed by atoms with Crippen molar-refractivity contribution in [2.75, 3.05) is 0 Å². The Kier molecular flexibility index (Phi) is 1.75. The number of rotatable bonds is 1. The quantitative estimate of drug-likeness (QED) is 0.491. The molecule has 0 unspecified atom stereocenters. The predicted molar refractivity (Wildman–Crippen MR) is 49.7 cm³/mol. The van der Waals surface area contributed by atoms with E-state index >= 15 is 0 Å². The molecule has 70 valence electrons. The highest BCUT2D eigenvalue weighted by Crippen LogP contribution is 2.58. The lowest BCUT2D eigenvalue weighted by molar-refractivity contribution is -0.00572. The van der Waals surface area contributed by atoms with Gasteiger partial charge in [-0.3, -0.25) is 0 Å². The summed E-state index contributed by atoms with van der Waals surface area (Å²) in [6, 6.07) is 1.89. The summed E-state index contributed by atoms with van der Waals surface area (Å²) in [5, 5.41) is 17.9. The summed E-state index contributed by atoms with van der Waals surface area (Å²) >= 11 is 0. The summed E-state index contributed by atoms with van der Waals surface area (Å²) in [6.07, 6.45) is 3.42. The third-order valence-electron chi connectivity index (χ3n) is 3.92. The van der Waals surface area contributed by atoms with Gasteiger partial charge in [-0.05, 0) is 35.7 Å². The molecule has 1 fully saturated rings. The van der Waals surface area contributed by atoms with E-state index in [0.29, 0.717) is 17.3 Å². The van der Waals surface area contributed by atoms with Crippen molar-refractivity contribution in [3.05, 3.63) is 11.6 Å². The highest BCUT2D eigenvalue weighted by molar-refractivity contribution is 5.27. The maximum atomic E-state index is 9.36. The Morgan fingerprint density at radius 3 is 2.77 bits per heavy atom. The summed E-state index contributed by atoms with van der Waals surface area (Å²) in [6.45, 7) is 4.55. The van der Waals surface area contributed by atoms with Gasteiger partial charge in [0.25, 0.3) is 0 Å². The SMILES string of the molecule is CC1(C)[C@H]2CC([C@@H](O)C#N)=C[C@@H]1C2. The lowest BCUT2D eigenvalue weighted by atomic mass is 9.50. The van der Waals surface area contributed by atoms with Gasteiger partial charge < -0.3 is 5.11 Å². The molecule has 3 rings (SSSR count). The Morgan fingerprint density at radius 1 is 1.69 bits per heavy atom. The molecule has 0 spiro atoms. The molecule has 3 aliphatic carbocycles. The smallest absolute Gasteiger partial charge is 0.161 e. The van der Waals surface area contributed by atoms with E-state index in [9.17, 15) is 5.11 Å². The molecule has 2 nitrogen and oxygen atoms in total. The minimum absolute atomic E-state index is 0.401. The predicted octanol–water partition coefficient (Wildman–Crippen LogP) is 1.86. The van der Waals surface area contributed by atoms with Crippen LogP contribution in [0.1, 0.15) is 26.7 Å². The lowest BCUT2D eigenvalue weighted by Crippen LogP contribution is -2.47. The maximum Gasteiger partial charge on any atom is 0.161 e. The van der Waals surface area contributed by atoms with E-state index in [1.165, 1.54) is 6.42 Å². The fourth-order valence-electron chi connectivity index (χ4n) is 2.58. The van der Waals surface area contributed by atoms with Crippen molar-refractivity contribution in [2.45, 2.75) is 32.8 Å². The molecule has 0 heterocycles. The van der Waals surface area contributed by atoms with Gasteiger partial charge in [-0.1, -0.05) is 19.9 Å². The summed E-state index contributed by atoms with van der Waals surface area (Å²) in [5.74, 6) is 1.27. The molecule has 0 saturated heterocycles. The second kappa shape index (κ2) is 2.59. The Hall–Kier alpha value is -0.810. The first-order valence-electron chi connectivity index (χ1n) is 4.84. The fourth-order valence-corrected chi connectivity index (χ4v) is 2.58. The standard InChI is InChI=1S/C11H15NO/c1-11(2)8-3-7(10(13)6-12)4-9(11)5-8/h3,8-10,13H,4-5H2,1-2H3/t8-,9+,10+/m1/s1. The van der Waals surface area contributed by atoms with E-state index < -0.39 is 6.10 Å². The van der Waals surface area contributed by atoms with Crippen molar-refractivity contribution in [1.29, 1.82) is 5.26 Å². The number of aliphatic hydroxyl groups is 1. The molecule has 2 heteroatoms. The molecule has 13 heavy (non-hydrogen) atoms. The Labute approximate surface area is 78.9 Å². The normalized spacial score (nSPS) is 36.9. The number of nitrogens with zero attached hydrogens (tertiary/aromatic N) is 1. The second-order valence-corrected chi connectivity index (χ2v) is 4.84. The number of allylic oxidation sites excluding steroid dienone is 1. The highest BCUT2D eigenvalue weighted by Gasteiger charge is 2.50. The van der Waals surface area contributed by atoms with Crippen LogP contribution in [0.15, 0.2) is 11.6 Å². The third kappa shape index (κ3) is 1.11. The third-order valence-corrected chi connectivity index (χ3v) is 3.92. The van der Waals surface area contributed by atoms with E-state index in [1.54, 1.807) is 0 Å². The van der Waals surface area contributed by atoms with E-state index in [4.69, 9.17) is 5.26 Å². The van der Waals surface area contributed by atoms with Crippen LogP contribution in [0.3, 0.4) is 0 Å². The van der Waals surface area contributed by atoms with Crippen LogP contribution in [0.4, 0.5) is 0 Å². The van der Waals surface area contributed by atoms with Crippen molar-refractivity contribution in [3.63, 3.8) is 0 Å². The number of aliphatic hydroxyl groups excluding tert-OH is 1. The Morgan fingerprint density at radius 2 is 2.38 bits per heavy atom. The molecule has 0 amide bonds. The topological polar surface area (TPSA) is 44.0 Å². The molecule has 0 aromatic rings. The van der Waals surface area contributed by atoms with Crippen molar-refractivity contribution < 1.29 is 5.11 Å². The number of fused-ring (bicyclic) bond motifs is 1.